The number of anilines is 2. The Hall–Kier alpha value is -2.44. The summed E-state index contributed by atoms with van der Waals surface area (Å²) in [6.07, 6.45) is 4.71. The molecule has 0 aliphatic rings. The number of aryl methyl sites for hydroxylation is 1. The van der Waals surface area contributed by atoms with Gasteiger partial charge in [0.15, 0.2) is 0 Å². The van der Waals surface area contributed by atoms with Crippen LogP contribution in [0.5, 0.6) is 0 Å². The number of carbonyl (C=O) groups excluding carboxylic acids is 1. The zero-order valence-corrected chi connectivity index (χ0v) is 9.29. The van der Waals surface area contributed by atoms with Crippen LogP contribution in [0.2, 0.25) is 0 Å². The summed E-state index contributed by atoms with van der Waals surface area (Å²) in [5.41, 5.74) is 6.98. The summed E-state index contributed by atoms with van der Waals surface area (Å²) in [6.45, 7) is 1.97. The van der Waals surface area contributed by atoms with E-state index in [0.717, 1.165) is 5.56 Å². The summed E-state index contributed by atoms with van der Waals surface area (Å²) in [5, 5.41) is 6.53. The normalized spacial score (nSPS) is 10.2. The topological polar surface area (TPSA) is 98.7 Å². The lowest BCUT2D eigenvalue weighted by molar-refractivity contribution is -0.116. The quantitative estimate of drug-likeness (QED) is 0.787. The van der Waals surface area contributed by atoms with Gasteiger partial charge >= 0.3 is 0 Å². The van der Waals surface area contributed by atoms with E-state index in [1.54, 1.807) is 12.4 Å². The van der Waals surface area contributed by atoms with Gasteiger partial charge in [-0.3, -0.25) is 9.78 Å². The molecule has 1 amide bonds. The molecular formula is C10H12N6O. The van der Waals surface area contributed by atoms with Crippen molar-refractivity contribution < 1.29 is 4.79 Å². The third kappa shape index (κ3) is 3.00. The minimum atomic E-state index is -0.206. The van der Waals surface area contributed by atoms with E-state index in [1.807, 2.05) is 13.0 Å². The lowest BCUT2D eigenvalue weighted by Gasteiger charge is -2.04. The highest BCUT2D eigenvalue weighted by molar-refractivity contribution is 5.90. The zero-order valence-electron chi connectivity index (χ0n) is 9.29. The monoisotopic (exact) mass is 232 g/mol. The zero-order chi connectivity index (χ0) is 12.3. The number of amides is 1. The molecule has 0 saturated heterocycles. The molecule has 0 atom stereocenters. The minimum Gasteiger partial charge on any atom is -0.367 e. The fourth-order valence-corrected chi connectivity index (χ4v) is 1.36. The van der Waals surface area contributed by atoms with E-state index in [2.05, 4.69) is 20.4 Å². The lowest BCUT2D eigenvalue weighted by atomic mass is 10.3. The number of hydrogen-bond donors (Lipinski definition) is 2. The van der Waals surface area contributed by atoms with Crippen molar-refractivity contribution in [3.8, 4) is 0 Å². The molecule has 88 valence electrons. The van der Waals surface area contributed by atoms with Crippen LogP contribution >= 0.6 is 0 Å². The van der Waals surface area contributed by atoms with Gasteiger partial charge in [0.2, 0.25) is 11.9 Å². The van der Waals surface area contributed by atoms with Gasteiger partial charge in [-0.15, -0.1) is 5.10 Å². The number of carbonyl (C=O) groups is 1. The molecule has 3 N–H and O–H groups in total. The number of nitrogens with two attached hydrogens (primary N) is 1. The van der Waals surface area contributed by atoms with Crippen LogP contribution in [0, 0.1) is 6.92 Å². The Morgan fingerprint density at radius 1 is 1.53 bits per heavy atom. The molecule has 7 nitrogen and oxygen atoms in total. The summed E-state index contributed by atoms with van der Waals surface area (Å²) < 4.78 is 1.37. The smallest absolute Gasteiger partial charge is 0.246 e. The first-order valence-electron chi connectivity index (χ1n) is 5.00. The standard InChI is InChI=1S/C10H12N6O/c1-7-2-8(4-12-3-7)14-9(17)5-16-6-13-10(11)15-16/h2-4,6H,5H2,1H3,(H2,11,15)(H,14,17). The second-order valence-corrected chi connectivity index (χ2v) is 3.60. The van der Waals surface area contributed by atoms with E-state index in [4.69, 9.17) is 5.73 Å². The van der Waals surface area contributed by atoms with Crippen LogP contribution < -0.4 is 11.1 Å². The molecule has 2 aromatic heterocycles. The average Bonchev–Trinajstić information content (AvgIpc) is 2.63. The van der Waals surface area contributed by atoms with Crippen molar-refractivity contribution in [1.82, 2.24) is 19.7 Å². The molecule has 0 spiro atoms. The van der Waals surface area contributed by atoms with Gasteiger partial charge in [0.05, 0.1) is 11.9 Å². The second-order valence-electron chi connectivity index (χ2n) is 3.60. The van der Waals surface area contributed by atoms with Crippen LogP contribution in [0.25, 0.3) is 0 Å². The van der Waals surface area contributed by atoms with Gasteiger partial charge in [-0.05, 0) is 18.6 Å². The number of aromatic nitrogens is 4. The minimum absolute atomic E-state index is 0.0676. The number of hydrogen-bond acceptors (Lipinski definition) is 5. The number of nitrogen functional groups attached to an aromatic ring is 1. The van der Waals surface area contributed by atoms with Crippen molar-refractivity contribution in [2.75, 3.05) is 11.1 Å². The van der Waals surface area contributed by atoms with Gasteiger partial charge in [-0.2, -0.15) is 0 Å². The Labute approximate surface area is 97.7 Å². The molecule has 0 aliphatic carbocycles. The van der Waals surface area contributed by atoms with Crippen molar-refractivity contribution in [1.29, 1.82) is 0 Å². The van der Waals surface area contributed by atoms with Gasteiger partial charge < -0.3 is 11.1 Å². The molecule has 2 heterocycles. The van der Waals surface area contributed by atoms with Crippen LogP contribution in [0.4, 0.5) is 11.6 Å². The van der Waals surface area contributed by atoms with Crippen molar-refractivity contribution in [2.24, 2.45) is 0 Å². The predicted molar refractivity (Wildman–Crippen MR) is 62.0 cm³/mol. The predicted octanol–water partition coefficient (Wildman–Crippen LogP) is 0.202. The highest BCUT2D eigenvalue weighted by Gasteiger charge is 2.05. The van der Waals surface area contributed by atoms with Crippen LogP contribution in [0.3, 0.4) is 0 Å². The molecule has 2 rings (SSSR count). The van der Waals surface area contributed by atoms with Gasteiger partial charge in [-0.25, -0.2) is 9.67 Å². The lowest BCUT2D eigenvalue weighted by Crippen LogP contribution is -2.19. The third-order valence-electron chi connectivity index (χ3n) is 2.02. The van der Waals surface area contributed by atoms with Crippen LogP contribution in [0.15, 0.2) is 24.8 Å². The fourth-order valence-electron chi connectivity index (χ4n) is 1.36. The maximum atomic E-state index is 11.6. The van der Waals surface area contributed by atoms with Crippen LogP contribution in [-0.2, 0) is 11.3 Å². The highest BCUT2D eigenvalue weighted by atomic mass is 16.2. The maximum Gasteiger partial charge on any atom is 0.246 e. The molecule has 0 aromatic carbocycles. The van der Waals surface area contributed by atoms with Gasteiger partial charge in [-0.1, -0.05) is 0 Å². The molecule has 0 radical (unpaired) electrons. The first kappa shape index (κ1) is 11.1. The van der Waals surface area contributed by atoms with E-state index in [0.29, 0.717) is 5.69 Å². The van der Waals surface area contributed by atoms with Gasteiger partial charge in [0.25, 0.3) is 0 Å². The molecule has 0 aliphatic heterocycles. The summed E-state index contributed by atoms with van der Waals surface area (Å²) in [7, 11) is 0. The SMILES string of the molecule is Cc1cncc(NC(=O)Cn2cnc(N)n2)c1. The Bertz CT molecular complexity index is 535. The van der Waals surface area contributed by atoms with Crippen molar-refractivity contribution in [3.05, 3.63) is 30.4 Å². The summed E-state index contributed by atoms with van der Waals surface area (Å²) in [4.78, 5) is 19.3. The number of pyridine rings is 1. The number of nitrogens with one attached hydrogen (secondary N) is 1. The summed E-state index contributed by atoms with van der Waals surface area (Å²) in [5.74, 6) is -0.0580. The van der Waals surface area contributed by atoms with Crippen molar-refractivity contribution >= 4 is 17.5 Å². The maximum absolute atomic E-state index is 11.6. The van der Waals surface area contributed by atoms with Crippen molar-refractivity contribution in [3.63, 3.8) is 0 Å². The number of rotatable bonds is 3. The number of nitrogens with zero attached hydrogens (tertiary/aromatic N) is 4. The van der Waals surface area contributed by atoms with E-state index in [9.17, 15) is 4.79 Å². The Morgan fingerprint density at radius 2 is 2.35 bits per heavy atom. The van der Waals surface area contributed by atoms with E-state index >= 15 is 0 Å². The molecule has 0 bridgehead atoms. The summed E-state index contributed by atoms with van der Waals surface area (Å²) in [6, 6.07) is 1.83. The van der Waals surface area contributed by atoms with E-state index in [1.165, 1.54) is 11.0 Å². The highest BCUT2D eigenvalue weighted by Crippen LogP contribution is 2.07. The summed E-state index contributed by atoms with van der Waals surface area (Å²) >= 11 is 0. The van der Waals surface area contributed by atoms with E-state index < -0.39 is 0 Å². The van der Waals surface area contributed by atoms with E-state index in [-0.39, 0.29) is 18.4 Å². The molecular weight excluding hydrogens is 220 g/mol. The largest absolute Gasteiger partial charge is 0.367 e. The molecule has 2 aromatic rings. The fraction of sp³-hybridized carbons (Fsp3) is 0.200. The molecule has 7 heteroatoms. The van der Waals surface area contributed by atoms with Crippen LogP contribution in [-0.4, -0.2) is 25.7 Å². The molecule has 0 saturated carbocycles. The van der Waals surface area contributed by atoms with Gasteiger partial charge in [0.1, 0.15) is 12.9 Å². The molecule has 17 heavy (non-hydrogen) atoms. The molecule has 0 fully saturated rings. The van der Waals surface area contributed by atoms with Crippen LogP contribution in [0.1, 0.15) is 5.56 Å². The van der Waals surface area contributed by atoms with Crippen molar-refractivity contribution in [2.45, 2.75) is 13.5 Å². The Morgan fingerprint density at radius 3 is 3.00 bits per heavy atom. The molecule has 0 unspecified atom stereocenters. The third-order valence-corrected chi connectivity index (χ3v) is 2.02. The Kier molecular flexibility index (Phi) is 2.99. The average molecular weight is 232 g/mol. The van der Waals surface area contributed by atoms with Gasteiger partial charge in [0, 0.05) is 6.20 Å². The second kappa shape index (κ2) is 4.60. The first-order valence-corrected chi connectivity index (χ1v) is 5.00. The Balaban J connectivity index is 1.98. The first-order chi connectivity index (χ1) is 8.13.